The third-order valence-corrected chi connectivity index (χ3v) is 6.11. The summed E-state index contributed by atoms with van der Waals surface area (Å²) in [7, 11) is 1.76. The molecule has 2 aromatic heterocycles. The molecule has 7 nitrogen and oxygen atoms in total. The number of carbonyl (C=O) groups excluding carboxylic acids is 1. The molecule has 0 saturated carbocycles. The maximum Gasteiger partial charge on any atom is 0.298 e. The summed E-state index contributed by atoms with van der Waals surface area (Å²) in [5.74, 6) is -6.98. The molecule has 0 aliphatic carbocycles. The summed E-state index contributed by atoms with van der Waals surface area (Å²) in [5, 5.41) is 13.2. The predicted octanol–water partition coefficient (Wildman–Crippen LogP) is 3.71. The molecular formula is C26H23F3N4O3. The van der Waals surface area contributed by atoms with Crippen molar-refractivity contribution in [2.24, 2.45) is 12.8 Å². The predicted molar refractivity (Wildman–Crippen MR) is 128 cm³/mol. The second kappa shape index (κ2) is 9.46. The third kappa shape index (κ3) is 4.31. The molecule has 186 valence electrons. The molecular weight excluding hydrogens is 473 g/mol. The van der Waals surface area contributed by atoms with Crippen LogP contribution in [0, 0.1) is 5.82 Å². The molecule has 1 atom stereocenters. The topological polar surface area (TPSA) is 103 Å². The number of aromatic nitrogens is 3. The van der Waals surface area contributed by atoms with Crippen molar-refractivity contribution in [2.75, 3.05) is 6.61 Å². The fourth-order valence-electron chi connectivity index (χ4n) is 4.32. The normalized spacial score (nSPS) is 12.5. The van der Waals surface area contributed by atoms with Crippen LogP contribution in [-0.4, -0.2) is 32.0 Å². The van der Waals surface area contributed by atoms with Gasteiger partial charge >= 0.3 is 0 Å². The Balaban J connectivity index is 1.97. The highest BCUT2D eigenvalue weighted by molar-refractivity contribution is 5.94. The Kier molecular flexibility index (Phi) is 6.55. The zero-order valence-electron chi connectivity index (χ0n) is 19.5. The Morgan fingerprint density at radius 1 is 1.14 bits per heavy atom. The number of primary amides is 1. The lowest BCUT2D eigenvalue weighted by atomic mass is 9.90. The van der Waals surface area contributed by atoms with Crippen molar-refractivity contribution in [3.05, 3.63) is 105 Å². The molecule has 0 spiro atoms. The van der Waals surface area contributed by atoms with Crippen LogP contribution in [0.25, 0.3) is 16.9 Å². The molecule has 0 aliphatic heterocycles. The van der Waals surface area contributed by atoms with E-state index in [1.54, 1.807) is 42.2 Å². The van der Waals surface area contributed by atoms with Crippen LogP contribution in [0.4, 0.5) is 13.2 Å². The Labute approximate surface area is 204 Å². The van der Waals surface area contributed by atoms with E-state index in [2.05, 4.69) is 5.10 Å². The number of carbonyl (C=O) groups is 1. The van der Waals surface area contributed by atoms with Gasteiger partial charge in [-0.15, -0.1) is 0 Å². The number of rotatable bonds is 7. The fraction of sp³-hybridized carbons (Fsp3) is 0.192. The maximum absolute atomic E-state index is 15.3. The van der Waals surface area contributed by atoms with E-state index in [9.17, 15) is 18.4 Å². The minimum atomic E-state index is -3.82. The number of hydrogen-bond acceptors (Lipinski definition) is 4. The van der Waals surface area contributed by atoms with Gasteiger partial charge in [-0.25, -0.2) is 4.39 Å². The average molecular weight is 496 g/mol. The lowest BCUT2D eigenvalue weighted by Crippen LogP contribution is -2.28. The van der Waals surface area contributed by atoms with Gasteiger partial charge in [-0.2, -0.15) is 13.9 Å². The second-order valence-electron chi connectivity index (χ2n) is 8.35. The molecule has 1 amide bonds. The monoisotopic (exact) mass is 496 g/mol. The average Bonchev–Trinajstić information content (AvgIpc) is 3.29. The van der Waals surface area contributed by atoms with Crippen molar-refractivity contribution in [3.63, 3.8) is 0 Å². The van der Waals surface area contributed by atoms with Gasteiger partial charge in [0, 0.05) is 42.2 Å². The summed E-state index contributed by atoms with van der Waals surface area (Å²) in [6.07, 6.45) is 1.62. The van der Waals surface area contributed by atoms with E-state index in [1.165, 1.54) is 35.8 Å². The molecule has 0 fully saturated rings. The number of pyridine rings is 1. The van der Waals surface area contributed by atoms with Gasteiger partial charge in [-0.1, -0.05) is 31.2 Å². The molecule has 2 aromatic carbocycles. The summed E-state index contributed by atoms with van der Waals surface area (Å²) in [4.78, 5) is 25.5. The lowest BCUT2D eigenvalue weighted by Gasteiger charge is -2.24. The lowest BCUT2D eigenvalue weighted by molar-refractivity contribution is -0.0583. The summed E-state index contributed by atoms with van der Waals surface area (Å²) >= 11 is 0. The number of halogens is 3. The van der Waals surface area contributed by atoms with Crippen molar-refractivity contribution < 1.29 is 23.1 Å². The minimum absolute atomic E-state index is 0.0421. The van der Waals surface area contributed by atoms with E-state index < -0.39 is 41.3 Å². The zero-order chi connectivity index (χ0) is 26.2. The highest BCUT2D eigenvalue weighted by Gasteiger charge is 2.36. The summed E-state index contributed by atoms with van der Waals surface area (Å²) < 4.78 is 46.6. The van der Waals surface area contributed by atoms with Gasteiger partial charge in [0.1, 0.15) is 12.4 Å². The molecule has 3 N–H and O–H groups in total. The molecule has 4 rings (SSSR count). The van der Waals surface area contributed by atoms with E-state index in [-0.39, 0.29) is 16.8 Å². The Morgan fingerprint density at radius 2 is 1.86 bits per heavy atom. The molecule has 4 aromatic rings. The van der Waals surface area contributed by atoms with Crippen molar-refractivity contribution in [2.45, 2.75) is 18.8 Å². The van der Waals surface area contributed by atoms with Gasteiger partial charge in [0.05, 0.1) is 16.8 Å². The van der Waals surface area contributed by atoms with Gasteiger partial charge in [-0.3, -0.25) is 18.8 Å². The van der Waals surface area contributed by atoms with Crippen molar-refractivity contribution in [1.29, 1.82) is 0 Å². The van der Waals surface area contributed by atoms with Crippen molar-refractivity contribution >= 4 is 5.91 Å². The first-order chi connectivity index (χ1) is 17.1. The van der Waals surface area contributed by atoms with Crippen molar-refractivity contribution in [3.8, 4) is 16.9 Å². The highest BCUT2D eigenvalue weighted by Crippen LogP contribution is 2.36. The molecule has 10 heteroatoms. The molecule has 0 unspecified atom stereocenters. The highest BCUT2D eigenvalue weighted by atomic mass is 19.3. The van der Waals surface area contributed by atoms with Gasteiger partial charge in [0.15, 0.2) is 0 Å². The number of amides is 1. The SMILES string of the molecule is C[C@H](c1cccc(C(F)(F)CO)c1F)c1c(C(N)=O)ccc(=O)n1-c1cccc(-c2ccnn2C)c1. The van der Waals surface area contributed by atoms with E-state index in [1.807, 2.05) is 6.07 Å². The van der Waals surface area contributed by atoms with E-state index in [0.717, 1.165) is 17.3 Å². The number of aliphatic hydroxyl groups is 1. The van der Waals surface area contributed by atoms with Crippen LogP contribution >= 0.6 is 0 Å². The van der Waals surface area contributed by atoms with Crippen LogP contribution in [0.5, 0.6) is 0 Å². The van der Waals surface area contributed by atoms with Crippen LogP contribution in [0.15, 0.2) is 71.7 Å². The number of aryl methyl sites for hydroxylation is 1. The largest absolute Gasteiger partial charge is 0.390 e. The molecule has 2 heterocycles. The molecule has 0 aliphatic rings. The van der Waals surface area contributed by atoms with Crippen LogP contribution < -0.4 is 11.3 Å². The van der Waals surface area contributed by atoms with Crippen LogP contribution in [-0.2, 0) is 13.0 Å². The number of aliphatic hydroxyl groups excluding tert-OH is 1. The summed E-state index contributed by atoms with van der Waals surface area (Å²) in [6.45, 7) is -0.0902. The van der Waals surface area contributed by atoms with E-state index >= 15 is 4.39 Å². The number of alkyl halides is 2. The van der Waals surface area contributed by atoms with Crippen LogP contribution in [0.1, 0.15) is 40.0 Å². The van der Waals surface area contributed by atoms with Crippen LogP contribution in [0.3, 0.4) is 0 Å². The molecule has 0 radical (unpaired) electrons. The van der Waals surface area contributed by atoms with Crippen molar-refractivity contribution in [1.82, 2.24) is 14.3 Å². The maximum atomic E-state index is 15.3. The summed E-state index contributed by atoms with van der Waals surface area (Å²) in [6, 6.07) is 14.4. The zero-order valence-corrected chi connectivity index (χ0v) is 19.5. The van der Waals surface area contributed by atoms with Gasteiger partial charge in [0.25, 0.3) is 17.4 Å². The number of benzene rings is 2. The molecule has 0 saturated heterocycles. The van der Waals surface area contributed by atoms with Gasteiger partial charge in [-0.05, 0) is 35.9 Å². The number of nitrogens with two attached hydrogens (primary N) is 1. The molecule has 36 heavy (non-hydrogen) atoms. The number of hydrogen-bond donors (Lipinski definition) is 2. The van der Waals surface area contributed by atoms with Gasteiger partial charge in [0.2, 0.25) is 0 Å². The third-order valence-electron chi connectivity index (χ3n) is 6.11. The van der Waals surface area contributed by atoms with E-state index in [4.69, 9.17) is 10.8 Å². The fourth-order valence-corrected chi connectivity index (χ4v) is 4.32. The minimum Gasteiger partial charge on any atom is -0.390 e. The first-order valence-corrected chi connectivity index (χ1v) is 11.0. The smallest absolute Gasteiger partial charge is 0.298 e. The Bertz CT molecular complexity index is 1510. The first-order valence-electron chi connectivity index (χ1n) is 11.0. The van der Waals surface area contributed by atoms with Gasteiger partial charge < -0.3 is 10.8 Å². The van der Waals surface area contributed by atoms with Crippen LogP contribution in [0.2, 0.25) is 0 Å². The Hall–Kier alpha value is -4.18. The Morgan fingerprint density at radius 3 is 2.50 bits per heavy atom. The standard InChI is InChI=1S/C26H23F3N4O3/c1-15(18-7-4-8-20(23(18)27)26(28,29)14-34)24-19(25(30)36)9-10-22(35)33(24)17-6-3-5-16(13-17)21-11-12-31-32(21)2/h3-13,15,34H,14H2,1-2H3,(H2,30,36)/t15-/m1/s1. The number of nitrogens with zero attached hydrogens (tertiary/aromatic N) is 3. The second-order valence-corrected chi connectivity index (χ2v) is 8.35. The van der Waals surface area contributed by atoms with E-state index in [0.29, 0.717) is 5.69 Å². The molecule has 0 bridgehead atoms. The summed E-state index contributed by atoms with van der Waals surface area (Å²) in [5.41, 5.74) is 5.72. The first kappa shape index (κ1) is 24.9. The quantitative estimate of drug-likeness (QED) is 0.407.